The second-order valence-electron chi connectivity index (χ2n) is 4.48. The van der Waals surface area contributed by atoms with E-state index in [0.29, 0.717) is 22.4 Å². The molecule has 0 saturated heterocycles. The van der Waals surface area contributed by atoms with Gasteiger partial charge in [0.1, 0.15) is 5.82 Å². The molecule has 1 saturated carbocycles. The number of thioether (sulfide) groups is 1. The molecular formula is C13H15ClFNOS. The van der Waals surface area contributed by atoms with Crippen molar-refractivity contribution >= 4 is 29.3 Å². The van der Waals surface area contributed by atoms with Gasteiger partial charge in [-0.25, -0.2) is 4.39 Å². The molecule has 1 N–H and O–H groups in total. The summed E-state index contributed by atoms with van der Waals surface area (Å²) in [6, 6.07) is 4.34. The van der Waals surface area contributed by atoms with E-state index in [1.807, 2.05) is 0 Å². The topological polar surface area (TPSA) is 29.1 Å². The van der Waals surface area contributed by atoms with Gasteiger partial charge in [-0.2, -0.15) is 0 Å². The summed E-state index contributed by atoms with van der Waals surface area (Å²) in [5.41, 5.74) is 0.859. The first-order valence-corrected chi connectivity index (χ1v) is 7.47. The lowest BCUT2D eigenvalue weighted by Gasteiger charge is -2.05. The molecule has 1 aliphatic rings. The van der Waals surface area contributed by atoms with Crippen molar-refractivity contribution in [1.82, 2.24) is 5.32 Å². The second-order valence-corrected chi connectivity index (χ2v) is 5.87. The summed E-state index contributed by atoms with van der Waals surface area (Å²) in [6.45, 7) is 0.802. The van der Waals surface area contributed by atoms with Gasteiger partial charge in [0.05, 0.1) is 5.75 Å². The van der Waals surface area contributed by atoms with Crippen LogP contribution in [0.3, 0.4) is 0 Å². The first kappa shape index (κ1) is 13.7. The fourth-order valence-electron chi connectivity index (χ4n) is 1.52. The van der Waals surface area contributed by atoms with Crippen molar-refractivity contribution in [2.75, 3.05) is 12.3 Å². The summed E-state index contributed by atoms with van der Waals surface area (Å²) in [5, 5.41) is 3.32. The Morgan fingerprint density at radius 3 is 2.94 bits per heavy atom. The van der Waals surface area contributed by atoms with Gasteiger partial charge in [0.25, 0.3) is 0 Å². The van der Waals surface area contributed by atoms with Crippen molar-refractivity contribution in [2.24, 2.45) is 5.92 Å². The van der Waals surface area contributed by atoms with Crippen LogP contribution in [0.2, 0.25) is 5.02 Å². The number of halogens is 2. The van der Waals surface area contributed by atoms with Crippen molar-refractivity contribution < 1.29 is 9.18 Å². The van der Waals surface area contributed by atoms with E-state index in [1.165, 1.54) is 36.7 Å². The van der Waals surface area contributed by atoms with Crippen LogP contribution in [0.5, 0.6) is 0 Å². The number of rotatable bonds is 6. The van der Waals surface area contributed by atoms with E-state index in [1.54, 1.807) is 6.07 Å². The van der Waals surface area contributed by atoms with Crippen LogP contribution in [0.25, 0.3) is 0 Å². The maximum Gasteiger partial charge on any atom is 0.230 e. The number of benzene rings is 1. The molecular weight excluding hydrogens is 273 g/mol. The molecule has 0 aromatic heterocycles. The van der Waals surface area contributed by atoms with Crippen molar-refractivity contribution in [3.05, 3.63) is 34.6 Å². The van der Waals surface area contributed by atoms with Crippen LogP contribution in [-0.2, 0) is 10.5 Å². The quantitative estimate of drug-likeness (QED) is 0.870. The van der Waals surface area contributed by atoms with Crippen molar-refractivity contribution in [2.45, 2.75) is 18.6 Å². The van der Waals surface area contributed by atoms with Gasteiger partial charge in [0.15, 0.2) is 0 Å². The molecule has 1 amide bonds. The average molecular weight is 288 g/mol. The number of carbonyl (C=O) groups is 1. The number of nitrogens with one attached hydrogen (secondary N) is 1. The van der Waals surface area contributed by atoms with Crippen molar-refractivity contribution in [3.63, 3.8) is 0 Å². The van der Waals surface area contributed by atoms with Gasteiger partial charge in [-0.1, -0.05) is 17.7 Å². The van der Waals surface area contributed by atoms with Gasteiger partial charge in [0, 0.05) is 17.3 Å². The van der Waals surface area contributed by atoms with Gasteiger partial charge < -0.3 is 5.32 Å². The van der Waals surface area contributed by atoms with E-state index >= 15 is 0 Å². The predicted octanol–water partition coefficient (Wildman–Crippen LogP) is 3.24. The summed E-state index contributed by atoms with van der Waals surface area (Å²) < 4.78 is 12.8. The molecule has 0 aliphatic heterocycles. The molecule has 2 rings (SSSR count). The van der Waals surface area contributed by atoms with E-state index in [-0.39, 0.29) is 11.7 Å². The fourth-order valence-corrected chi connectivity index (χ4v) is 2.70. The molecule has 0 atom stereocenters. The molecule has 0 spiro atoms. The molecule has 0 heterocycles. The highest BCUT2D eigenvalue weighted by Gasteiger charge is 2.21. The van der Waals surface area contributed by atoms with Gasteiger partial charge in [0.2, 0.25) is 5.91 Å². The van der Waals surface area contributed by atoms with Gasteiger partial charge >= 0.3 is 0 Å². The summed E-state index contributed by atoms with van der Waals surface area (Å²) in [4.78, 5) is 11.5. The SMILES string of the molecule is O=C(CSCc1ccc(F)cc1Cl)NCC1CC1. The van der Waals surface area contributed by atoms with Crippen LogP contribution in [0.15, 0.2) is 18.2 Å². The first-order valence-electron chi connectivity index (χ1n) is 5.93. The molecule has 18 heavy (non-hydrogen) atoms. The molecule has 1 fully saturated rings. The molecule has 0 bridgehead atoms. The van der Waals surface area contributed by atoms with Crippen LogP contribution < -0.4 is 5.32 Å². The minimum Gasteiger partial charge on any atom is -0.355 e. The lowest BCUT2D eigenvalue weighted by molar-refractivity contribution is -0.118. The highest BCUT2D eigenvalue weighted by atomic mass is 35.5. The first-order chi connectivity index (χ1) is 8.65. The molecule has 1 aromatic rings. The van der Waals surface area contributed by atoms with Crippen LogP contribution >= 0.6 is 23.4 Å². The maximum atomic E-state index is 12.8. The zero-order valence-electron chi connectivity index (χ0n) is 9.92. The van der Waals surface area contributed by atoms with E-state index < -0.39 is 0 Å². The fraction of sp³-hybridized carbons (Fsp3) is 0.462. The summed E-state index contributed by atoms with van der Waals surface area (Å²) in [5.74, 6) is 1.46. The number of carbonyl (C=O) groups excluding carboxylic acids is 1. The Balaban J connectivity index is 1.68. The van der Waals surface area contributed by atoms with Crippen molar-refractivity contribution in [3.8, 4) is 0 Å². The molecule has 5 heteroatoms. The summed E-state index contributed by atoms with van der Waals surface area (Å²) >= 11 is 7.39. The molecule has 1 aromatic carbocycles. The Kier molecular flexibility index (Phi) is 4.89. The van der Waals surface area contributed by atoms with Gasteiger partial charge in [-0.3, -0.25) is 4.79 Å². The van der Waals surface area contributed by atoms with Crippen LogP contribution in [0.1, 0.15) is 18.4 Å². The number of hydrogen-bond acceptors (Lipinski definition) is 2. The normalized spacial score (nSPS) is 14.6. The summed E-state index contributed by atoms with van der Waals surface area (Å²) in [6.07, 6.45) is 2.47. The number of hydrogen-bond donors (Lipinski definition) is 1. The van der Waals surface area contributed by atoms with Crippen molar-refractivity contribution in [1.29, 1.82) is 0 Å². The summed E-state index contributed by atoms with van der Waals surface area (Å²) in [7, 11) is 0. The Morgan fingerprint density at radius 2 is 2.28 bits per heavy atom. The third-order valence-electron chi connectivity index (χ3n) is 2.79. The van der Waals surface area contributed by atoms with Crippen LogP contribution in [0.4, 0.5) is 4.39 Å². The largest absolute Gasteiger partial charge is 0.355 e. The average Bonchev–Trinajstić information content (AvgIpc) is 3.13. The molecule has 2 nitrogen and oxygen atoms in total. The maximum absolute atomic E-state index is 12.8. The van der Waals surface area contributed by atoms with Crippen LogP contribution in [-0.4, -0.2) is 18.2 Å². The molecule has 0 radical (unpaired) electrons. The highest BCUT2D eigenvalue weighted by Crippen LogP contribution is 2.27. The van der Waals surface area contributed by atoms with E-state index in [4.69, 9.17) is 11.6 Å². The predicted molar refractivity (Wildman–Crippen MR) is 73.3 cm³/mol. The van der Waals surface area contributed by atoms with Crippen LogP contribution in [0, 0.1) is 11.7 Å². The molecule has 98 valence electrons. The Bertz CT molecular complexity index is 437. The number of amides is 1. The zero-order chi connectivity index (χ0) is 13.0. The highest BCUT2D eigenvalue weighted by molar-refractivity contribution is 7.99. The van der Waals surface area contributed by atoms with E-state index in [9.17, 15) is 9.18 Å². The lowest BCUT2D eigenvalue weighted by Crippen LogP contribution is -2.27. The Hall–Kier alpha value is -0.740. The second kappa shape index (κ2) is 6.43. The monoisotopic (exact) mass is 287 g/mol. The minimum absolute atomic E-state index is 0.0603. The standard InChI is InChI=1S/C13H15ClFNOS/c14-12-5-11(15)4-3-10(12)7-18-8-13(17)16-6-9-1-2-9/h3-5,9H,1-2,6-8H2,(H,16,17). The van der Waals surface area contributed by atoms with E-state index in [2.05, 4.69) is 5.32 Å². The third-order valence-corrected chi connectivity index (χ3v) is 4.12. The van der Waals surface area contributed by atoms with E-state index in [0.717, 1.165) is 12.1 Å². The minimum atomic E-state index is -0.337. The lowest BCUT2D eigenvalue weighted by atomic mass is 10.2. The molecule has 0 unspecified atom stereocenters. The van der Waals surface area contributed by atoms with Gasteiger partial charge in [-0.05, 0) is 36.5 Å². The zero-order valence-corrected chi connectivity index (χ0v) is 11.5. The third kappa shape index (κ3) is 4.50. The molecule has 1 aliphatic carbocycles. The Labute approximate surface area is 115 Å². The Morgan fingerprint density at radius 1 is 1.50 bits per heavy atom. The van der Waals surface area contributed by atoms with Gasteiger partial charge in [-0.15, -0.1) is 11.8 Å². The smallest absolute Gasteiger partial charge is 0.230 e.